The zero-order valence-corrected chi connectivity index (χ0v) is 14.0. The summed E-state index contributed by atoms with van der Waals surface area (Å²) < 4.78 is 5.80. The number of carbonyl (C=O) groups excluding carboxylic acids is 1. The number of nitrogens with zero attached hydrogens (tertiary/aromatic N) is 1. The molecule has 23 heavy (non-hydrogen) atoms. The van der Waals surface area contributed by atoms with E-state index in [4.69, 9.17) is 4.74 Å². The Kier molecular flexibility index (Phi) is 5.07. The van der Waals surface area contributed by atoms with Gasteiger partial charge < -0.3 is 10.1 Å². The molecule has 0 bridgehead atoms. The molecule has 7 unspecified atom stereocenters. The highest BCUT2D eigenvalue weighted by Gasteiger charge is 2.44. The molecule has 0 spiro atoms. The fourth-order valence-electron chi connectivity index (χ4n) is 3.27. The Bertz CT molecular complexity index is 481. The van der Waals surface area contributed by atoms with Crippen molar-refractivity contribution in [1.29, 1.82) is 0 Å². The fourth-order valence-corrected chi connectivity index (χ4v) is 4.68. The maximum absolute atomic E-state index is 12.3. The minimum absolute atomic E-state index is 0.0630. The second kappa shape index (κ2) is 6.89. The summed E-state index contributed by atoms with van der Waals surface area (Å²) in [5, 5.41) is 16.5. The summed E-state index contributed by atoms with van der Waals surface area (Å²) in [5.74, 6) is -0.181. The Morgan fingerprint density at radius 3 is 2.74 bits per heavy atom. The number of rotatable bonds is 4. The number of nitrogens with one attached hydrogen (secondary N) is 4. The quantitative estimate of drug-likeness (QED) is 0.398. The van der Waals surface area contributed by atoms with Gasteiger partial charge in [0.15, 0.2) is 0 Å². The molecule has 3 aliphatic heterocycles. The lowest BCUT2D eigenvalue weighted by Crippen LogP contribution is -2.52. The third-order valence-electron chi connectivity index (χ3n) is 4.59. The normalized spacial score (nSPS) is 43.7. The van der Waals surface area contributed by atoms with Gasteiger partial charge in [-0.25, -0.2) is 10.9 Å². The van der Waals surface area contributed by atoms with Crippen molar-refractivity contribution in [3.8, 4) is 0 Å². The van der Waals surface area contributed by atoms with E-state index in [1.54, 1.807) is 6.92 Å². The Hall–Kier alpha value is -0.940. The highest BCUT2D eigenvalue weighted by atomic mass is 32.2. The van der Waals surface area contributed by atoms with E-state index in [9.17, 15) is 14.9 Å². The van der Waals surface area contributed by atoms with Crippen molar-refractivity contribution in [2.24, 2.45) is 0 Å². The molecular formula is C13H23N5O4S. The van der Waals surface area contributed by atoms with E-state index in [1.165, 1.54) is 11.8 Å². The summed E-state index contributed by atoms with van der Waals surface area (Å²) in [6.07, 6.45) is 2.13. The molecule has 3 aliphatic rings. The van der Waals surface area contributed by atoms with Crippen molar-refractivity contribution in [3.05, 3.63) is 10.1 Å². The molecule has 3 heterocycles. The van der Waals surface area contributed by atoms with Gasteiger partial charge in [0.1, 0.15) is 6.29 Å². The smallest absolute Gasteiger partial charge is 0.235 e. The second-order valence-corrected chi connectivity index (χ2v) is 7.94. The molecule has 1 amide bonds. The molecule has 3 fully saturated rings. The lowest BCUT2D eigenvalue weighted by atomic mass is 10.1. The molecule has 10 heteroatoms. The summed E-state index contributed by atoms with van der Waals surface area (Å²) in [6.45, 7) is 3.85. The number of amides is 1. The van der Waals surface area contributed by atoms with Gasteiger partial charge in [-0.2, -0.15) is 0 Å². The van der Waals surface area contributed by atoms with Gasteiger partial charge in [0.2, 0.25) is 11.9 Å². The molecule has 4 N–H and O–H groups in total. The van der Waals surface area contributed by atoms with Gasteiger partial charge in [0.05, 0.1) is 28.9 Å². The number of carbonyl (C=O) groups is 1. The highest BCUT2D eigenvalue weighted by molar-refractivity contribution is 8.01. The zero-order valence-electron chi connectivity index (χ0n) is 13.2. The Morgan fingerprint density at radius 2 is 2.13 bits per heavy atom. The molecule has 0 radical (unpaired) electrons. The zero-order chi connectivity index (χ0) is 16.6. The van der Waals surface area contributed by atoms with Crippen molar-refractivity contribution in [1.82, 2.24) is 21.5 Å². The fraction of sp³-hybridized carbons (Fsp3) is 0.923. The molecule has 0 aromatic heterocycles. The molecule has 0 aliphatic carbocycles. The molecule has 3 rings (SSSR count). The van der Waals surface area contributed by atoms with Crippen LogP contribution in [0.25, 0.3) is 0 Å². The summed E-state index contributed by atoms with van der Waals surface area (Å²) in [5.41, 5.74) is 6.07. The van der Waals surface area contributed by atoms with E-state index in [0.29, 0.717) is 0 Å². The first-order valence-electron chi connectivity index (χ1n) is 7.96. The molecule has 7 atom stereocenters. The van der Waals surface area contributed by atoms with Crippen LogP contribution in [0, 0.1) is 10.1 Å². The molecule has 9 nitrogen and oxygen atoms in total. The van der Waals surface area contributed by atoms with E-state index in [-0.39, 0.29) is 46.1 Å². The first kappa shape index (κ1) is 16.9. The number of hydrogen-bond donors (Lipinski definition) is 4. The Morgan fingerprint density at radius 1 is 1.35 bits per heavy atom. The number of hydrogen-bond acceptors (Lipinski definition) is 8. The predicted molar refractivity (Wildman–Crippen MR) is 84.9 cm³/mol. The van der Waals surface area contributed by atoms with Crippen molar-refractivity contribution < 1.29 is 14.5 Å². The maximum Gasteiger partial charge on any atom is 0.235 e. The first-order chi connectivity index (χ1) is 10.9. The molecular weight excluding hydrogens is 322 g/mol. The van der Waals surface area contributed by atoms with E-state index < -0.39 is 12.3 Å². The SMILES string of the molecule is CC1CCC(C2NNC(NC(=O)C3CC([N+](=O)[O-])C(C)S3)N2)O1. The number of ether oxygens (including phenoxy) is 1. The topological polar surface area (TPSA) is 118 Å². The average molecular weight is 345 g/mol. The minimum atomic E-state index is -0.653. The summed E-state index contributed by atoms with van der Waals surface area (Å²) in [6, 6.07) is -0.653. The number of nitro groups is 1. The third-order valence-corrected chi connectivity index (χ3v) is 6.07. The van der Waals surface area contributed by atoms with Crippen LogP contribution >= 0.6 is 11.8 Å². The molecule has 0 saturated carbocycles. The lowest BCUT2D eigenvalue weighted by molar-refractivity contribution is -0.520. The van der Waals surface area contributed by atoms with Crippen LogP contribution < -0.4 is 21.5 Å². The third kappa shape index (κ3) is 3.77. The van der Waals surface area contributed by atoms with Crippen LogP contribution in [0.5, 0.6) is 0 Å². The van der Waals surface area contributed by atoms with Gasteiger partial charge in [0, 0.05) is 11.3 Å². The van der Waals surface area contributed by atoms with Crippen LogP contribution in [-0.4, -0.2) is 52.0 Å². The van der Waals surface area contributed by atoms with Crippen LogP contribution in [0.15, 0.2) is 0 Å². The van der Waals surface area contributed by atoms with Crippen LogP contribution in [0.4, 0.5) is 0 Å². The van der Waals surface area contributed by atoms with E-state index in [0.717, 1.165) is 12.8 Å². The van der Waals surface area contributed by atoms with Crippen molar-refractivity contribution in [2.75, 3.05) is 0 Å². The van der Waals surface area contributed by atoms with Crippen LogP contribution in [0.2, 0.25) is 0 Å². The largest absolute Gasteiger partial charge is 0.372 e. The first-order valence-corrected chi connectivity index (χ1v) is 8.90. The Balaban J connectivity index is 1.47. The van der Waals surface area contributed by atoms with Gasteiger partial charge in [-0.3, -0.25) is 20.2 Å². The van der Waals surface area contributed by atoms with Crippen LogP contribution in [-0.2, 0) is 9.53 Å². The van der Waals surface area contributed by atoms with Crippen molar-refractivity contribution in [3.63, 3.8) is 0 Å². The lowest BCUT2D eigenvalue weighted by Gasteiger charge is -2.19. The van der Waals surface area contributed by atoms with Crippen molar-refractivity contribution >= 4 is 17.7 Å². The molecule has 130 valence electrons. The van der Waals surface area contributed by atoms with Crippen LogP contribution in [0.3, 0.4) is 0 Å². The van der Waals surface area contributed by atoms with Gasteiger partial charge in [-0.1, -0.05) is 0 Å². The van der Waals surface area contributed by atoms with Gasteiger partial charge in [0.25, 0.3) is 0 Å². The predicted octanol–water partition coefficient (Wildman–Crippen LogP) is -0.483. The molecule has 0 aromatic carbocycles. The second-order valence-electron chi connectivity index (χ2n) is 6.36. The summed E-state index contributed by atoms with van der Waals surface area (Å²) in [7, 11) is 0. The van der Waals surface area contributed by atoms with E-state index >= 15 is 0 Å². The van der Waals surface area contributed by atoms with Gasteiger partial charge in [-0.05, 0) is 26.7 Å². The standard InChI is InChI=1S/C13H23N5O4S/c1-6-3-4-9(22-6)11-14-13(17-16-11)15-12(19)10-5-8(18(20)21)7(2)23-10/h6-11,13-14,16-17H,3-5H2,1-2H3,(H,15,19). The van der Waals surface area contributed by atoms with Gasteiger partial charge >= 0.3 is 0 Å². The minimum Gasteiger partial charge on any atom is -0.372 e. The van der Waals surface area contributed by atoms with Crippen molar-refractivity contribution in [2.45, 2.75) is 74.3 Å². The molecule has 3 saturated heterocycles. The Labute approximate surface area is 138 Å². The van der Waals surface area contributed by atoms with Crippen LogP contribution in [0.1, 0.15) is 33.1 Å². The number of hydrazine groups is 1. The maximum atomic E-state index is 12.3. The van der Waals surface area contributed by atoms with E-state index in [2.05, 4.69) is 21.5 Å². The summed E-state index contributed by atoms with van der Waals surface area (Å²) in [4.78, 5) is 23.0. The van der Waals surface area contributed by atoms with E-state index in [1.807, 2.05) is 6.92 Å². The average Bonchev–Trinajstić information content (AvgIpc) is 3.18. The van der Waals surface area contributed by atoms with Gasteiger partial charge in [-0.15, -0.1) is 11.8 Å². The number of thioether (sulfide) groups is 1. The molecule has 0 aromatic rings. The monoisotopic (exact) mass is 345 g/mol. The highest BCUT2D eigenvalue weighted by Crippen LogP contribution is 2.35. The summed E-state index contributed by atoms with van der Waals surface area (Å²) >= 11 is 1.37.